The average molecular weight is 321 g/mol. The Balaban J connectivity index is 3.42. The van der Waals surface area contributed by atoms with E-state index in [9.17, 15) is 4.79 Å². The van der Waals surface area contributed by atoms with Gasteiger partial charge in [-0.1, -0.05) is 6.42 Å². The normalized spacial score (nSPS) is 12.2. The van der Waals surface area contributed by atoms with Gasteiger partial charge in [0.25, 0.3) is 0 Å². The molecular formula is C12H27N5O5. The van der Waals surface area contributed by atoms with E-state index in [1.54, 1.807) is 0 Å². The minimum Gasteiger partial charge on any atom is -0.465 e. The molecule has 0 aliphatic carbocycles. The Hall–Kier alpha value is -1.46. The molecule has 0 aliphatic heterocycles. The zero-order chi connectivity index (χ0) is 16.8. The molecule has 0 aromatic carbocycles. The van der Waals surface area contributed by atoms with E-state index in [1.807, 2.05) is 0 Å². The number of hydrogen-bond acceptors (Lipinski definition) is 8. The summed E-state index contributed by atoms with van der Waals surface area (Å²) in [7, 11) is 0. The van der Waals surface area contributed by atoms with Gasteiger partial charge in [0.2, 0.25) is 0 Å². The summed E-state index contributed by atoms with van der Waals surface area (Å²) >= 11 is 0. The summed E-state index contributed by atoms with van der Waals surface area (Å²) in [5.41, 5.74) is 10.8. The monoisotopic (exact) mass is 321 g/mol. The Labute approximate surface area is 129 Å². The van der Waals surface area contributed by atoms with E-state index >= 15 is 0 Å². The van der Waals surface area contributed by atoms with Crippen LogP contribution in [-0.2, 0) is 14.4 Å². The Bertz CT molecular complexity index is 316. The van der Waals surface area contributed by atoms with Gasteiger partial charge in [-0.15, -0.1) is 0 Å². The van der Waals surface area contributed by atoms with Crippen LogP contribution in [0, 0.1) is 5.41 Å². The summed E-state index contributed by atoms with van der Waals surface area (Å²) in [4.78, 5) is 16.0. The first kappa shape index (κ1) is 20.5. The van der Waals surface area contributed by atoms with E-state index in [4.69, 9.17) is 32.0 Å². The molecule has 1 unspecified atom stereocenters. The number of carbonyl (C=O) groups excluding carboxylic acids is 1. The van der Waals surface area contributed by atoms with Crippen LogP contribution in [0.3, 0.4) is 0 Å². The molecule has 0 spiro atoms. The van der Waals surface area contributed by atoms with Crippen molar-refractivity contribution < 1.29 is 24.8 Å². The largest absolute Gasteiger partial charge is 0.465 e. The van der Waals surface area contributed by atoms with Crippen LogP contribution in [0.1, 0.15) is 38.5 Å². The van der Waals surface area contributed by atoms with Crippen LogP contribution in [0.2, 0.25) is 0 Å². The maximum absolute atomic E-state index is 11.6. The van der Waals surface area contributed by atoms with Crippen LogP contribution in [0.5, 0.6) is 0 Å². The number of guanidine groups is 1. The molecule has 0 saturated carbocycles. The highest BCUT2D eigenvalue weighted by Crippen LogP contribution is 2.02. The van der Waals surface area contributed by atoms with Crippen molar-refractivity contribution in [3.8, 4) is 0 Å². The third-order valence-corrected chi connectivity index (χ3v) is 2.80. The minimum atomic E-state index is -0.665. The highest BCUT2D eigenvalue weighted by molar-refractivity contribution is 5.75. The first-order chi connectivity index (χ1) is 10.4. The predicted molar refractivity (Wildman–Crippen MR) is 77.9 cm³/mol. The van der Waals surface area contributed by atoms with Crippen LogP contribution in [0.4, 0.5) is 0 Å². The number of hydrogen-bond donors (Lipinski definition) is 6. The van der Waals surface area contributed by atoms with E-state index in [2.05, 4.69) is 10.2 Å². The van der Waals surface area contributed by atoms with Gasteiger partial charge in [0.15, 0.2) is 5.96 Å². The third-order valence-electron chi connectivity index (χ3n) is 2.80. The zero-order valence-corrected chi connectivity index (χ0v) is 12.7. The number of rotatable bonds is 13. The van der Waals surface area contributed by atoms with Gasteiger partial charge in [-0.3, -0.25) is 25.5 Å². The second-order valence-electron chi connectivity index (χ2n) is 4.76. The van der Waals surface area contributed by atoms with Gasteiger partial charge in [-0.05, 0) is 32.1 Å². The van der Waals surface area contributed by atoms with Gasteiger partial charge < -0.3 is 21.5 Å². The molecule has 0 amide bonds. The van der Waals surface area contributed by atoms with Crippen molar-refractivity contribution in [2.75, 3.05) is 19.8 Å². The molecule has 130 valence electrons. The lowest BCUT2D eigenvalue weighted by atomic mass is 10.1. The number of unbranched alkanes of at least 4 members (excludes halogenated alkanes) is 3. The average Bonchev–Trinajstić information content (AvgIpc) is 2.45. The van der Waals surface area contributed by atoms with Gasteiger partial charge in [0.05, 0.1) is 18.6 Å². The number of nitrogens with one attached hydrogen (secondary N) is 2. The standard InChI is InChI=1S/C12H27N5O5/c13-10(6-5-7-16-12(14)15)11(18)21-8-3-1-2-4-9-22-17(19)20/h10,19-20H,1-9,13H2,(H4,14,15,16). The predicted octanol–water partition coefficient (Wildman–Crippen LogP) is -0.307. The Morgan fingerprint density at radius 1 is 1.18 bits per heavy atom. The van der Waals surface area contributed by atoms with Crippen molar-refractivity contribution in [2.24, 2.45) is 11.5 Å². The van der Waals surface area contributed by atoms with Crippen molar-refractivity contribution in [3.05, 3.63) is 0 Å². The second kappa shape index (κ2) is 13.2. The van der Waals surface area contributed by atoms with Crippen LogP contribution in [0.15, 0.2) is 0 Å². The maximum atomic E-state index is 11.6. The molecule has 22 heavy (non-hydrogen) atoms. The Kier molecular flexibility index (Phi) is 12.3. The van der Waals surface area contributed by atoms with Gasteiger partial charge >= 0.3 is 5.97 Å². The highest BCUT2D eigenvalue weighted by Gasteiger charge is 2.14. The van der Waals surface area contributed by atoms with Crippen LogP contribution in [-0.4, -0.2) is 53.5 Å². The molecular weight excluding hydrogens is 294 g/mol. The van der Waals surface area contributed by atoms with Crippen LogP contribution in [0.25, 0.3) is 0 Å². The molecule has 10 heteroatoms. The smallest absolute Gasteiger partial charge is 0.322 e. The zero-order valence-electron chi connectivity index (χ0n) is 12.7. The summed E-state index contributed by atoms with van der Waals surface area (Å²) in [6.07, 6.45) is 4.15. The lowest BCUT2D eigenvalue weighted by molar-refractivity contribution is -0.492. The van der Waals surface area contributed by atoms with Crippen molar-refractivity contribution in [1.82, 2.24) is 10.7 Å². The Morgan fingerprint density at radius 3 is 2.41 bits per heavy atom. The van der Waals surface area contributed by atoms with Crippen molar-refractivity contribution in [2.45, 2.75) is 44.6 Å². The van der Waals surface area contributed by atoms with Gasteiger partial charge in [-0.2, -0.15) is 0 Å². The van der Waals surface area contributed by atoms with Crippen LogP contribution < -0.4 is 16.8 Å². The fraction of sp³-hybridized carbons (Fsp3) is 0.833. The quantitative estimate of drug-likeness (QED) is 0.0876. The summed E-state index contributed by atoms with van der Waals surface area (Å²) < 4.78 is 5.06. The molecule has 0 aromatic rings. The topological polar surface area (TPSA) is 167 Å². The minimum absolute atomic E-state index is 0.104. The van der Waals surface area contributed by atoms with Gasteiger partial charge in [-0.25, -0.2) is 0 Å². The van der Waals surface area contributed by atoms with Crippen molar-refractivity contribution in [1.29, 1.82) is 5.41 Å². The molecule has 8 N–H and O–H groups in total. The molecule has 10 nitrogen and oxygen atoms in total. The van der Waals surface area contributed by atoms with E-state index in [-0.39, 0.29) is 18.0 Å². The van der Waals surface area contributed by atoms with Gasteiger partial charge in [0.1, 0.15) is 6.04 Å². The second-order valence-corrected chi connectivity index (χ2v) is 4.76. The third kappa shape index (κ3) is 13.5. The molecule has 1 atom stereocenters. The van der Waals surface area contributed by atoms with Crippen molar-refractivity contribution >= 4 is 11.9 Å². The summed E-state index contributed by atoms with van der Waals surface area (Å²) in [5.74, 6) is -0.533. The molecule has 0 rings (SSSR count). The number of carbonyl (C=O) groups is 1. The van der Waals surface area contributed by atoms with E-state index in [0.29, 0.717) is 38.8 Å². The highest BCUT2D eigenvalue weighted by atomic mass is 17.1. The van der Waals surface area contributed by atoms with Crippen molar-refractivity contribution in [3.63, 3.8) is 0 Å². The first-order valence-electron chi connectivity index (χ1n) is 7.24. The van der Waals surface area contributed by atoms with Crippen LogP contribution >= 0.6 is 0 Å². The molecule has 0 radical (unpaired) electrons. The molecule has 0 aromatic heterocycles. The van der Waals surface area contributed by atoms with E-state index < -0.39 is 12.0 Å². The lowest BCUT2D eigenvalue weighted by Gasteiger charge is -2.11. The Morgan fingerprint density at radius 2 is 1.82 bits per heavy atom. The molecule has 0 bridgehead atoms. The summed E-state index contributed by atoms with van der Waals surface area (Å²) in [6, 6.07) is -0.665. The first-order valence-corrected chi connectivity index (χ1v) is 7.24. The number of nitrogens with zero attached hydrogens (tertiary/aromatic N) is 1. The summed E-state index contributed by atoms with van der Waals surface area (Å²) in [6.45, 7) is 1.02. The molecule has 0 saturated heterocycles. The lowest BCUT2D eigenvalue weighted by Crippen LogP contribution is -2.35. The van der Waals surface area contributed by atoms with Gasteiger partial charge in [0, 0.05) is 6.54 Å². The number of nitrogens with two attached hydrogens (primary N) is 2. The molecule has 0 aliphatic rings. The molecule has 0 heterocycles. The maximum Gasteiger partial charge on any atom is 0.322 e. The SMILES string of the molecule is N=C(N)NCCCC(N)C(=O)OCCCCCCON(O)O. The van der Waals surface area contributed by atoms with E-state index in [0.717, 1.165) is 12.8 Å². The summed E-state index contributed by atoms with van der Waals surface area (Å²) in [5, 5.41) is 25.9. The fourth-order valence-electron chi connectivity index (χ4n) is 1.65. The number of ether oxygens (including phenoxy) is 1. The fourth-order valence-corrected chi connectivity index (χ4v) is 1.65. The number of esters is 1. The van der Waals surface area contributed by atoms with E-state index in [1.165, 1.54) is 0 Å². The molecule has 0 fully saturated rings.